The van der Waals surface area contributed by atoms with Crippen molar-refractivity contribution >= 4 is 5.78 Å². The summed E-state index contributed by atoms with van der Waals surface area (Å²) in [7, 11) is 0. The molecule has 0 amide bonds. The summed E-state index contributed by atoms with van der Waals surface area (Å²) in [5.74, 6) is -1.80. The first kappa shape index (κ1) is 16.0. The number of ketones is 1. The van der Waals surface area contributed by atoms with E-state index in [-0.39, 0.29) is 36.5 Å². The number of hydrogen-bond donors (Lipinski definition) is 1. The van der Waals surface area contributed by atoms with Crippen molar-refractivity contribution in [3.05, 3.63) is 35.4 Å². The molecule has 1 aromatic carbocycles. The molecule has 6 heteroatoms. The van der Waals surface area contributed by atoms with Gasteiger partial charge >= 0.3 is 0 Å². The standard InChI is InChI=1S/C15H19F2NO3/c1-10-9-21-14(8-19)7-18(10)3-2-15(20)11-4-12(16)6-13(17)5-11/h4-6,10,14,19H,2-3,7-9H2,1H3. The molecule has 1 aliphatic rings. The van der Waals surface area contributed by atoms with E-state index in [9.17, 15) is 13.6 Å². The fourth-order valence-corrected chi connectivity index (χ4v) is 2.40. The molecule has 21 heavy (non-hydrogen) atoms. The lowest BCUT2D eigenvalue weighted by Gasteiger charge is -2.37. The molecule has 0 aromatic heterocycles. The molecule has 1 aromatic rings. The number of ether oxygens (including phenoxy) is 1. The maximum absolute atomic E-state index is 13.1. The largest absolute Gasteiger partial charge is 0.394 e. The Bertz CT molecular complexity index is 489. The molecular weight excluding hydrogens is 280 g/mol. The van der Waals surface area contributed by atoms with Crippen LogP contribution in [0.25, 0.3) is 0 Å². The summed E-state index contributed by atoms with van der Waals surface area (Å²) < 4.78 is 31.6. The first-order valence-corrected chi connectivity index (χ1v) is 6.95. The lowest BCUT2D eigenvalue weighted by Crippen LogP contribution is -2.49. The van der Waals surface area contributed by atoms with Gasteiger partial charge in [0.15, 0.2) is 5.78 Å². The Morgan fingerprint density at radius 3 is 2.67 bits per heavy atom. The third-order valence-electron chi connectivity index (χ3n) is 3.65. The number of aliphatic hydroxyl groups is 1. The smallest absolute Gasteiger partial charge is 0.164 e. The van der Waals surface area contributed by atoms with Crippen molar-refractivity contribution < 1.29 is 23.4 Å². The predicted molar refractivity (Wildman–Crippen MR) is 73.2 cm³/mol. The van der Waals surface area contributed by atoms with Crippen LogP contribution in [0.4, 0.5) is 8.78 Å². The molecule has 0 spiro atoms. The van der Waals surface area contributed by atoms with Crippen molar-refractivity contribution in [3.8, 4) is 0 Å². The number of carbonyl (C=O) groups excluding carboxylic acids is 1. The zero-order valence-electron chi connectivity index (χ0n) is 11.9. The van der Waals surface area contributed by atoms with Crippen LogP contribution in [0.2, 0.25) is 0 Å². The highest BCUT2D eigenvalue weighted by Crippen LogP contribution is 2.14. The van der Waals surface area contributed by atoms with E-state index < -0.39 is 11.6 Å². The average Bonchev–Trinajstić information content (AvgIpc) is 2.45. The van der Waals surface area contributed by atoms with Crippen LogP contribution in [0.3, 0.4) is 0 Å². The number of morpholine rings is 1. The van der Waals surface area contributed by atoms with E-state index in [2.05, 4.69) is 0 Å². The first-order valence-electron chi connectivity index (χ1n) is 6.95. The maximum Gasteiger partial charge on any atom is 0.164 e. The highest BCUT2D eigenvalue weighted by Gasteiger charge is 2.25. The fourth-order valence-electron chi connectivity index (χ4n) is 2.40. The predicted octanol–water partition coefficient (Wildman–Crippen LogP) is 1.62. The molecule has 4 nitrogen and oxygen atoms in total. The van der Waals surface area contributed by atoms with Gasteiger partial charge in [0.2, 0.25) is 0 Å². The number of benzene rings is 1. The van der Waals surface area contributed by atoms with Gasteiger partial charge in [-0.05, 0) is 19.1 Å². The van der Waals surface area contributed by atoms with Crippen LogP contribution < -0.4 is 0 Å². The average molecular weight is 299 g/mol. The van der Waals surface area contributed by atoms with Gasteiger partial charge in [0.1, 0.15) is 11.6 Å². The van der Waals surface area contributed by atoms with Gasteiger partial charge in [-0.3, -0.25) is 9.69 Å². The van der Waals surface area contributed by atoms with Gasteiger partial charge in [0.25, 0.3) is 0 Å². The summed E-state index contributed by atoms with van der Waals surface area (Å²) in [4.78, 5) is 14.0. The number of hydrogen-bond acceptors (Lipinski definition) is 4. The molecule has 1 N–H and O–H groups in total. The van der Waals surface area contributed by atoms with Gasteiger partial charge in [-0.25, -0.2) is 8.78 Å². The minimum Gasteiger partial charge on any atom is -0.394 e. The van der Waals surface area contributed by atoms with Gasteiger partial charge in [-0.15, -0.1) is 0 Å². The fraction of sp³-hybridized carbons (Fsp3) is 0.533. The molecule has 2 atom stereocenters. The minimum atomic E-state index is -0.751. The van der Waals surface area contributed by atoms with E-state index in [0.29, 0.717) is 19.7 Å². The Morgan fingerprint density at radius 2 is 2.05 bits per heavy atom. The third-order valence-corrected chi connectivity index (χ3v) is 3.65. The molecule has 0 aliphatic carbocycles. The summed E-state index contributed by atoms with van der Waals surface area (Å²) >= 11 is 0. The summed E-state index contributed by atoms with van der Waals surface area (Å²) in [5.41, 5.74) is 0.0483. The van der Waals surface area contributed by atoms with Crippen LogP contribution in [-0.2, 0) is 4.74 Å². The summed E-state index contributed by atoms with van der Waals surface area (Å²) in [6.45, 7) is 3.42. The number of carbonyl (C=O) groups is 1. The molecule has 2 rings (SSSR count). The normalized spacial score (nSPS) is 23.2. The van der Waals surface area contributed by atoms with Crippen LogP contribution in [0, 0.1) is 11.6 Å². The van der Waals surface area contributed by atoms with E-state index in [1.54, 1.807) is 0 Å². The molecule has 1 saturated heterocycles. The molecule has 0 bridgehead atoms. The van der Waals surface area contributed by atoms with E-state index in [1.165, 1.54) is 0 Å². The summed E-state index contributed by atoms with van der Waals surface area (Å²) in [6, 6.07) is 2.98. The molecule has 2 unspecified atom stereocenters. The van der Waals surface area contributed by atoms with Crippen molar-refractivity contribution in [2.24, 2.45) is 0 Å². The Labute approximate surface area is 122 Å². The Kier molecular flexibility index (Phi) is 5.39. The zero-order valence-corrected chi connectivity index (χ0v) is 11.9. The second-order valence-electron chi connectivity index (χ2n) is 5.31. The van der Waals surface area contributed by atoms with Crippen LogP contribution in [-0.4, -0.2) is 54.2 Å². The summed E-state index contributed by atoms with van der Waals surface area (Å²) in [6.07, 6.45) is -0.0753. The Hall–Kier alpha value is -1.37. The van der Waals surface area contributed by atoms with Crippen molar-refractivity contribution in [2.75, 3.05) is 26.3 Å². The SMILES string of the molecule is CC1COC(CO)CN1CCC(=O)c1cc(F)cc(F)c1. The lowest BCUT2D eigenvalue weighted by atomic mass is 10.1. The van der Waals surface area contributed by atoms with Gasteiger partial charge in [0, 0.05) is 37.2 Å². The molecule has 1 aliphatic heterocycles. The third kappa shape index (κ3) is 4.30. The maximum atomic E-state index is 13.1. The molecule has 116 valence electrons. The molecule has 0 saturated carbocycles. The lowest BCUT2D eigenvalue weighted by molar-refractivity contribution is -0.0772. The second kappa shape index (κ2) is 7.06. The minimum absolute atomic E-state index is 0.0483. The number of nitrogens with zero attached hydrogens (tertiary/aromatic N) is 1. The Balaban J connectivity index is 1.93. The van der Waals surface area contributed by atoms with Crippen LogP contribution in [0.15, 0.2) is 18.2 Å². The first-order chi connectivity index (χ1) is 9.99. The zero-order chi connectivity index (χ0) is 15.4. The number of Topliss-reactive ketones (excluding diaryl/α,β-unsaturated/α-hetero) is 1. The highest BCUT2D eigenvalue weighted by molar-refractivity contribution is 5.96. The van der Waals surface area contributed by atoms with Gasteiger partial charge < -0.3 is 9.84 Å². The van der Waals surface area contributed by atoms with E-state index in [1.807, 2.05) is 11.8 Å². The number of aliphatic hydroxyl groups excluding tert-OH is 1. The molecule has 1 fully saturated rings. The van der Waals surface area contributed by atoms with Crippen LogP contribution >= 0.6 is 0 Å². The Morgan fingerprint density at radius 1 is 1.38 bits per heavy atom. The number of halogens is 2. The van der Waals surface area contributed by atoms with E-state index in [4.69, 9.17) is 9.84 Å². The highest BCUT2D eigenvalue weighted by atomic mass is 19.1. The molecule has 1 heterocycles. The van der Waals surface area contributed by atoms with Crippen molar-refractivity contribution in [1.82, 2.24) is 4.90 Å². The van der Waals surface area contributed by atoms with E-state index >= 15 is 0 Å². The van der Waals surface area contributed by atoms with Gasteiger partial charge in [-0.1, -0.05) is 0 Å². The topological polar surface area (TPSA) is 49.8 Å². The van der Waals surface area contributed by atoms with Crippen LogP contribution in [0.5, 0.6) is 0 Å². The second-order valence-corrected chi connectivity index (χ2v) is 5.31. The van der Waals surface area contributed by atoms with Crippen molar-refractivity contribution in [1.29, 1.82) is 0 Å². The van der Waals surface area contributed by atoms with Gasteiger partial charge in [0.05, 0.1) is 19.3 Å². The van der Waals surface area contributed by atoms with Crippen molar-refractivity contribution in [2.45, 2.75) is 25.5 Å². The quantitative estimate of drug-likeness (QED) is 0.840. The van der Waals surface area contributed by atoms with E-state index in [0.717, 1.165) is 18.2 Å². The van der Waals surface area contributed by atoms with Crippen LogP contribution in [0.1, 0.15) is 23.7 Å². The molecule has 0 radical (unpaired) electrons. The van der Waals surface area contributed by atoms with Crippen molar-refractivity contribution in [3.63, 3.8) is 0 Å². The van der Waals surface area contributed by atoms with Gasteiger partial charge in [-0.2, -0.15) is 0 Å². The molecular formula is C15H19F2NO3. The number of rotatable bonds is 5. The summed E-state index contributed by atoms with van der Waals surface area (Å²) in [5, 5.41) is 9.11. The monoisotopic (exact) mass is 299 g/mol.